The minimum absolute atomic E-state index is 0.000124. The molecular formula is C24H30N4O4S. The summed E-state index contributed by atoms with van der Waals surface area (Å²) in [6.07, 6.45) is 7.77. The number of aromatic nitrogens is 2. The molecule has 1 aromatic heterocycles. The molecule has 33 heavy (non-hydrogen) atoms. The van der Waals surface area contributed by atoms with Gasteiger partial charge >= 0.3 is 0 Å². The van der Waals surface area contributed by atoms with Crippen molar-refractivity contribution in [2.75, 3.05) is 19.6 Å². The Hall–Kier alpha value is -3.01. The first-order valence-electron chi connectivity index (χ1n) is 10.9. The van der Waals surface area contributed by atoms with E-state index < -0.39 is 10.1 Å². The third-order valence-electron chi connectivity index (χ3n) is 5.65. The van der Waals surface area contributed by atoms with Gasteiger partial charge in [-0.3, -0.25) is 14.2 Å². The molecule has 2 heterocycles. The Morgan fingerprint density at radius 2 is 1.85 bits per heavy atom. The van der Waals surface area contributed by atoms with Gasteiger partial charge in [-0.05, 0) is 69.3 Å². The lowest BCUT2D eigenvalue weighted by atomic mass is 10.1. The molecule has 1 saturated heterocycles. The van der Waals surface area contributed by atoms with E-state index in [1.165, 1.54) is 25.0 Å². The Balaban J connectivity index is 0.000000235. The summed E-state index contributed by atoms with van der Waals surface area (Å²) < 4.78 is 31.5. The number of imidazole rings is 1. The molecule has 3 aromatic rings. The monoisotopic (exact) mass is 470 g/mol. The standard InChI is InChI=1S/C17H22N4O.C7H8O3S/c1-2-20-10-3-4-16(20)12-19-17(22)14-5-7-15(8-6-14)21-11-9-18-13-21;1-6-2-4-7(5-3-6)11(8,9)10/h5-9,11,13,16H,2-4,10,12H2,1H3,(H,19,22);2-5H,1H3,(H,8,9,10). The largest absolute Gasteiger partial charge is 0.350 e. The summed E-state index contributed by atoms with van der Waals surface area (Å²) in [4.78, 5) is 18.6. The minimum Gasteiger partial charge on any atom is -0.350 e. The molecular weight excluding hydrogens is 440 g/mol. The van der Waals surface area contributed by atoms with Crippen molar-refractivity contribution in [3.8, 4) is 5.69 Å². The number of hydrogen-bond donors (Lipinski definition) is 2. The van der Waals surface area contributed by atoms with Crippen LogP contribution in [0.3, 0.4) is 0 Å². The van der Waals surface area contributed by atoms with E-state index in [4.69, 9.17) is 4.55 Å². The number of benzene rings is 2. The lowest BCUT2D eigenvalue weighted by Gasteiger charge is -2.22. The average molecular weight is 471 g/mol. The van der Waals surface area contributed by atoms with Gasteiger partial charge in [0.05, 0.1) is 11.2 Å². The number of aryl methyl sites for hydroxylation is 1. The van der Waals surface area contributed by atoms with E-state index in [-0.39, 0.29) is 10.8 Å². The predicted molar refractivity (Wildman–Crippen MR) is 127 cm³/mol. The number of nitrogens with zero attached hydrogens (tertiary/aromatic N) is 3. The number of nitrogens with one attached hydrogen (secondary N) is 1. The fraction of sp³-hybridized carbons (Fsp3) is 0.333. The number of amides is 1. The molecule has 0 spiro atoms. The fourth-order valence-electron chi connectivity index (χ4n) is 3.76. The summed E-state index contributed by atoms with van der Waals surface area (Å²) in [5.74, 6) is 0.000124. The Labute approximate surface area is 195 Å². The van der Waals surface area contributed by atoms with E-state index in [0.717, 1.165) is 30.9 Å². The van der Waals surface area contributed by atoms with Gasteiger partial charge in [0.15, 0.2) is 0 Å². The van der Waals surface area contributed by atoms with E-state index in [0.29, 0.717) is 11.6 Å². The van der Waals surface area contributed by atoms with Crippen LogP contribution in [0.4, 0.5) is 0 Å². The van der Waals surface area contributed by atoms with E-state index in [1.54, 1.807) is 24.7 Å². The quantitative estimate of drug-likeness (QED) is 0.536. The van der Waals surface area contributed by atoms with Crippen molar-refractivity contribution in [1.82, 2.24) is 19.8 Å². The second-order valence-electron chi connectivity index (χ2n) is 7.94. The van der Waals surface area contributed by atoms with E-state index in [2.05, 4.69) is 22.1 Å². The van der Waals surface area contributed by atoms with Crippen LogP contribution in [-0.4, -0.2) is 59.0 Å². The zero-order valence-electron chi connectivity index (χ0n) is 18.9. The lowest BCUT2D eigenvalue weighted by molar-refractivity contribution is 0.0941. The normalized spacial score (nSPS) is 16.2. The van der Waals surface area contributed by atoms with Gasteiger partial charge in [0.2, 0.25) is 0 Å². The Kier molecular flexibility index (Phi) is 8.37. The molecule has 2 N–H and O–H groups in total. The second kappa shape index (κ2) is 11.2. The molecule has 1 aliphatic heterocycles. The number of carbonyl (C=O) groups is 1. The first kappa shape index (κ1) is 24.6. The highest BCUT2D eigenvalue weighted by Gasteiger charge is 2.23. The number of rotatable bonds is 6. The molecule has 2 aromatic carbocycles. The highest BCUT2D eigenvalue weighted by Crippen LogP contribution is 2.16. The van der Waals surface area contributed by atoms with Crippen molar-refractivity contribution >= 4 is 16.0 Å². The summed E-state index contributed by atoms with van der Waals surface area (Å²) >= 11 is 0. The molecule has 176 valence electrons. The van der Waals surface area contributed by atoms with Crippen LogP contribution >= 0.6 is 0 Å². The smallest absolute Gasteiger partial charge is 0.294 e. The highest BCUT2D eigenvalue weighted by atomic mass is 32.2. The van der Waals surface area contributed by atoms with Crippen LogP contribution in [0, 0.1) is 6.92 Å². The number of likely N-dealkylation sites (tertiary alicyclic amines) is 1. The lowest BCUT2D eigenvalue weighted by Crippen LogP contribution is -2.40. The number of likely N-dealkylation sites (N-methyl/N-ethyl adjacent to an activating group) is 1. The molecule has 1 amide bonds. The minimum atomic E-state index is -4.02. The molecule has 0 bridgehead atoms. The third kappa shape index (κ3) is 6.98. The van der Waals surface area contributed by atoms with Crippen molar-refractivity contribution in [3.63, 3.8) is 0 Å². The molecule has 1 unspecified atom stereocenters. The molecule has 1 aliphatic rings. The van der Waals surface area contributed by atoms with Gasteiger partial charge in [0.1, 0.15) is 0 Å². The van der Waals surface area contributed by atoms with Crippen LogP contribution in [0.25, 0.3) is 5.69 Å². The molecule has 0 radical (unpaired) electrons. The van der Waals surface area contributed by atoms with Gasteiger partial charge in [-0.1, -0.05) is 24.6 Å². The third-order valence-corrected chi connectivity index (χ3v) is 6.52. The van der Waals surface area contributed by atoms with Crippen molar-refractivity contribution in [1.29, 1.82) is 0 Å². The van der Waals surface area contributed by atoms with Crippen molar-refractivity contribution in [3.05, 3.63) is 78.4 Å². The van der Waals surface area contributed by atoms with Gasteiger partial charge in [0.25, 0.3) is 16.0 Å². The average Bonchev–Trinajstić information content (AvgIpc) is 3.50. The van der Waals surface area contributed by atoms with Crippen LogP contribution in [0.2, 0.25) is 0 Å². The SMILES string of the molecule is CCN1CCCC1CNC(=O)c1ccc(-n2ccnc2)cc1.Cc1ccc(S(=O)(=O)O)cc1. The van der Waals surface area contributed by atoms with Gasteiger partial charge in [-0.2, -0.15) is 8.42 Å². The second-order valence-corrected chi connectivity index (χ2v) is 9.36. The molecule has 1 fully saturated rings. The van der Waals surface area contributed by atoms with Crippen molar-refractivity contribution in [2.24, 2.45) is 0 Å². The summed E-state index contributed by atoms with van der Waals surface area (Å²) in [5.41, 5.74) is 2.66. The van der Waals surface area contributed by atoms with Crippen LogP contribution in [0.5, 0.6) is 0 Å². The molecule has 0 aliphatic carbocycles. The van der Waals surface area contributed by atoms with Crippen LogP contribution in [0.15, 0.2) is 72.1 Å². The molecule has 0 saturated carbocycles. The molecule has 9 heteroatoms. The van der Waals surface area contributed by atoms with Gasteiger partial charge in [0, 0.05) is 36.2 Å². The maximum absolute atomic E-state index is 12.2. The Bertz CT molecular complexity index is 1130. The number of hydrogen-bond acceptors (Lipinski definition) is 5. The van der Waals surface area contributed by atoms with Crippen LogP contribution in [-0.2, 0) is 10.1 Å². The van der Waals surface area contributed by atoms with E-state index in [9.17, 15) is 13.2 Å². The molecule has 4 rings (SSSR count). The first-order valence-corrected chi connectivity index (χ1v) is 12.4. The fourth-order valence-corrected chi connectivity index (χ4v) is 4.24. The Morgan fingerprint density at radius 3 is 2.42 bits per heavy atom. The maximum Gasteiger partial charge on any atom is 0.294 e. The first-order chi connectivity index (χ1) is 15.8. The zero-order valence-corrected chi connectivity index (χ0v) is 19.7. The maximum atomic E-state index is 12.2. The van der Waals surface area contributed by atoms with E-state index >= 15 is 0 Å². The van der Waals surface area contributed by atoms with Gasteiger partial charge in [-0.25, -0.2) is 4.98 Å². The van der Waals surface area contributed by atoms with E-state index in [1.807, 2.05) is 42.0 Å². The van der Waals surface area contributed by atoms with Gasteiger partial charge < -0.3 is 9.88 Å². The summed E-state index contributed by atoms with van der Waals surface area (Å²) in [6, 6.07) is 14.1. The Morgan fingerprint density at radius 1 is 1.15 bits per heavy atom. The van der Waals surface area contributed by atoms with Crippen molar-refractivity contribution in [2.45, 2.75) is 37.6 Å². The van der Waals surface area contributed by atoms with Crippen molar-refractivity contribution < 1.29 is 17.8 Å². The molecule has 1 atom stereocenters. The summed E-state index contributed by atoms with van der Waals surface area (Å²) in [5, 5.41) is 3.06. The topological polar surface area (TPSA) is 105 Å². The zero-order chi connectivity index (χ0) is 23.8. The highest BCUT2D eigenvalue weighted by molar-refractivity contribution is 7.85. The summed E-state index contributed by atoms with van der Waals surface area (Å²) in [7, 11) is -4.02. The van der Waals surface area contributed by atoms with Gasteiger partial charge in [-0.15, -0.1) is 0 Å². The van der Waals surface area contributed by atoms with Crippen LogP contribution < -0.4 is 5.32 Å². The molecule has 8 nitrogen and oxygen atoms in total. The predicted octanol–water partition coefficient (Wildman–Crippen LogP) is 3.33. The number of carbonyl (C=O) groups excluding carboxylic acids is 1. The van der Waals surface area contributed by atoms with Crippen LogP contribution in [0.1, 0.15) is 35.7 Å². The summed E-state index contributed by atoms with van der Waals surface area (Å²) in [6.45, 7) is 6.95.